The SMILES string of the molecule is Cc1cc2nc(-c3ccccc3)cc(NN)n2n1. The van der Waals surface area contributed by atoms with Crippen molar-refractivity contribution in [1.29, 1.82) is 0 Å². The molecule has 18 heavy (non-hydrogen) atoms. The second-order valence-electron chi connectivity index (χ2n) is 4.09. The first kappa shape index (κ1) is 10.7. The number of fused-ring (bicyclic) bond motifs is 1. The van der Waals surface area contributed by atoms with Crippen molar-refractivity contribution >= 4 is 11.5 Å². The largest absolute Gasteiger partial charge is 0.308 e. The zero-order valence-corrected chi connectivity index (χ0v) is 9.96. The fourth-order valence-electron chi connectivity index (χ4n) is 1.95. The molecule has 0 unspecified atom stereocenters. The van der Waals surface area contributed by atoms with Gasteiger partial charge in [0.25, 0.3) is 0 Å². The van der Waals surface area contributed by atoms with E-state index in [2.05, 4.69) is 15.5 Å². The number of hydrogen-bond acceptors (Lipinski definition) is 4. The van der Waals surface area contributed by atoms with Crippen LogP contribution < -0.4 is 11.3 Å². The summed E-state index contributed by atoms with van der Waals surface area (Å²) in [6.07, 6.45) is 0. The highest BCUT2D eigenvalue weighted by molar-refractivity contribution is 5.66. The highest BCUT2D eigenvalue weighted by Gasteiger charge is 2.08. The minimum atomic E-state index is 0.715. The summed E-state index contributed by atoms with van der Waals surface area (Å²) < 4.78 is 1.70. The molecular weight excluding hydrogens is 226 g/mol. The Hall–Kier alpha value is -2.40. The van der Waals surface area contributed by atoms with Gasteiger partial charge in [-0.1, -0.05) is 30.3 Å². The van der Waals surface area contributed by atoms with Gasteiger partial charge in [-0.15, -0.1) is 0 Å². The summed E-state index contributed by atoms with van der Waals surface area (Å²) in [5, 5.41) is 4.33. The molecule has 0 aliphatic rings. The van der Waals surface area contributed by atoms with E-state index in [1.807, 2.05) is 49.4 Å². The Morgan fingerprint density at radius 1 is 1.17 bits per heavy atom. The lowest BCUT2D eigenvalue weighted by atomic mass is 10.1. The summed E-state index contributed by atoms with van der Waals surface area (Å²) in [5.74, 6) is 6.25. The number of aromatic nitrogens is 3. The number of hydrazine groups is 1. The van der Waals surface area contributed by atoms with E-state index < -0.39 is 0 Å². The molecule has 0 saturated heterocycles. The molecule has 5 nitrogen and oxygen atoms in total. The van der Waals surface area contributed by atoms with Gasteiger partial charge in [0, 0.05) is 17.7 Å². The molecule has 0 saturated carbocycles. The molecule has 0 fully saturated rings. The van der Waals surface area contributed by atoms with E-state index >= 15 is 0 Å². The first-order chi connectivity index (χ1) is 8.78. The number of benzene rings is 1. The second-order valence-corrected chi connectivity index (χ2v) is 4.09. The Morgan fingerprint density at radius 3 is 2.67 bits per heavy atom. The van der Waals surface area contributed by atoms with Crippen molar-refractivity contribution in [2.75, 3.05) is 5.43 Å². The Balaban J connectivity index is 2.25. The summed E-state index contributed by atoms with van der Waals surface area (Å²) in [6, 6.07) is 13.8. The molecule has 0 aliphatic carbocycles. The molecular formula is C13H13N5. The van der Waals surface area contributed by atoms with Crippen LogP contribution in [-0.4, -0.2) is 14.6 Å². The third-order valence-electron chi connectivity index (χ3n) is 2.77. The summed E-state index contributed by atoms with van der Waals surface area (Å²) in [7, 11) is 0. The standard InChI is InChI=1S/C13H13N5/c1-9-7-12-15-11(10-5-3-2-4-6-10)8-13(16-14)18(12)17-9/h2-8,16H,14H2,1H3. The first-order valence-corrected chi connectivity index (χ1v) is 5.67. The Morgan fingerprint density at radius 2 is 1.94 bits per heavy atom. The van der Waals surface area contributed by atoms with Crippen LogP contribution in [0, 0.1) is 6.92 Å². The number of nitrogens with one attached hydrogen (secondary N) is 1. The lowest BCUT2D eigenvalue weighted by Crippen LogP contribution is -2.12. The van der Waals surface area contributed by atoms with Gasteiger partial charge >= 0.3 is 0 Å². The molecule has 0 aliphatic heterocycles. The van der Waals surface area contributed by atoms with Crippen LogP contribution in [0.15, 0.2) is 42.5 Å². The van der Waals surface area contributed by atoms with Crippen LogP contribution in [0.3, 0.4) is 0 Å². The van der Waals surface area contributed by atoms with Crippen LogP contribution >= 0.6 is 0 Å². The number of rotatable bonds is 2. The summed E-state index contributed by atoms with van der Waals surface area (Å²) in [6.45, 7) is 1.93. The molecule has 2 aromatic heterocycles. The molecule has 0 spiro atoms. The normalized spacial score (nSPS) is 10.8. The monoisotopic (exact) mass is 239 g/mol. The third-order valence-corrected chi connectivity index (χ3v) is 2.77. The van der Waals surface area contributed by atoms with E-state index in [0.717, 1.165) is 22.6 Å². The zero-order valence-electron chi connectivity index (χ0n) is 9.96. The van der Waals surface area contributed by atoms with Crippen LogP contribution in [0.5, 0.6) is 0 Å². The van der Waals surface area contributed by atoms with Gasteiger partial charge in [0.05, 0.1) is 11.4 Å². The van der Waals surface area contributed by atoms with Crippen molar-refractivity contribution in [3.05, 3.63) is 48.2 Å². The molecule has 0 bridgehead atoms. The lowest BCUT2D eigenvalue weighted by Gasteiger charge is -2.07. The molecule has 3 aromatic rings. The van der Waals surface area contributed by atoms with Gasteiger partial charge in [0.15, 0.2) is 5.65 Å². The number of hydrogen-bond donors (Lipinski definition) is 2. The number of nitrogens with two attached hydrogens (primary N) is 1. The van der Waals surface area contributed by atoms with Crippen LogP contribution in [-0.2, 0) is 0 Å². The number of aryl methyl sites for hydroxylation is 1. The van der Waals surface area contributed by atoms with Crippen LogP contribution in [0.25, 0.3) is 16.9 Å². The molecule has 0 atom stereocenters. The molecule has 3 N–H and O–H groups in total. The molecule has 1 aromatic carbocycles. The average Bonchev–Trinajstić information content (AvgIpc) is 2.78. The van der Waals surface area contributed by atoms with Crippen molar-refractivity contribution < 1.29 is 0 Å². The third kappa shape index (κ3) is 1.70. The minimum Gasteiger partial charge on any atom is -0.308 e. The summed E-state index contributed by atoms with van der Waals surface area (Å²) >= 11 is 0. The molecule has 2 heterocycles. The predicted octanol–water partition coefficient (Wildman–Crippen LogP) is 1.99. The maximum absolute atomic E-state index is 5.53. The van der Waals surface area contributed by atoms with Gasteiger partial charge in [-0.2, -0.15) is 9.61 Å². The fourth-order valence-corrected chi connectivity index (χ4v) is 1.95. The molecule has 0 amide bonds. The molecule has 5 heteroatoms. The van der Waals surface area contributed by atoms with E-state index in [0.29, 0.717) is 5.82 Å². The molecule has 90 valence electrons. The lowest BCUT2D eigenvalue weighted by molar-refractivity contribution is 0.916. The zero-order chi connectivity index (χ0) is 12.5. The van der Waals surface area contributed by atoms with Crippen molar-refractivity contribution in [3.8, 4) is 11.3 Å². The Kier molecular flexibility index (Phi) is 2.46. The Labute approximate surface area is 104 Å². The van der Waals surface area contributed by atoms with Gasteiger partial charge in [0.1, 0.15) is 5.82 Å². The van der Waals surface area contributed by atoms with E-state index in [-0.39, 0.29) is 0 Å². The van der Waals surface area contributed by atoms with Crippen molar-refractivity contribution in [3.63, 3.8) is 0 Å². The minimum absolute atomic E-state index is 0.715. The van der Waals surface area contributed by atoms with Crippen molar-refractivity contribution in [2.24, 2.45) is 5.84 Å². The quantitative estimate of drug-likeness (QED) is 0.530. The fraction of sp³-hybridized carbons (Fsp3) is 0.0769. The van der Waals surface area contributed by atoms with Gasteiger partial charge < -0.3 is 5.43 Å². The maximum atomic E-state index is 5.53. The predicted molar refractivity (Wildman–Crippen MR) is 71.0 cm³/mol. The summed E-state index contributed by atoms with van der Waals surface area (Å²) in [4.78, 5) is 4.58. The summed E-state index contributed by atoms with van der Waals surface area (Å²) in [5.41, 5.74) is 6.26. The van der Waals surface area contributed by atoms with E-state index in [4.69, 9.17) is 5.84 Å². The van der Waals surface area contributed by atoms with Crippen molar-refractivity contribution in [2.45, 2.75) is 6.92 Å². The average molecular weight is 239 g/mol. The van der Waals surface area contributed by atoms with E-state index in [1.54, 1.807) is 4.52 Å². The van der Waals surface area contributed by atoms with Gasteiger partial charge in [0.2, 0.25) is 0 Å². The van der Waals surface area contributed by atoms with Gasteiger partial charge in [-0.3, -0.25) is 0 Å². The number of nitrogen functional groups attached to an aromatic ring is 1. The molecule has 3 rings (SSSR count). The Bertz CT molecular complexity index is 687. The van der Waals surface area contributed by atoms with E-state index in [9.17, 15) is 0 Å². The second kappa shape index (κ2) is 4.12. The molecule has 0 radical (unpaired) electrons. The first-order valence-electron chi connectivity index (χ1n) is 5.67. The highest BCUT2D eigenvalue weighted by atomic mass is 15.4. The highest BCUT2D eigenvalue weighted by Crippen LogP contribution is 2.21. The van der Waals surface area contributed by atoms with Crippen molar-refractivity contribution in [1.82, 2.24) is 14.6 Å². The maximum Gasteiger partial charge on any atom is 0.158 e. The van der Waals surface area contributed by atoms with Crippen LogP contribution in [0.2, 0.25) is 0 Å². The smallest absolute Gasteiger partial charge is 0.158 e. The van der Waals surface area contributed by atoms with Crippen LogP contribution in [0.1, 0.15) is 5.69 Å². The number of nitrogens with zero attached hydrogens (tertiary/aromatic N) is 3. The van der Waals surface area contributed by atoms with Gasteiger partial charge in [-0.25, -0.2) is 10.8 Å². The number of anilines is 1. The van der Waals surface area contributed by atoms with Gasteiger partial charge in [-0.05, 0) is 6.92 Å². The van der Waals surface area contributed by atoms with E-state index in [1.165, 1.54) is 0 Å². The van der Waals surface area contributed by atoms with Crippen LogP contribution in [0.4, 0.5) is 5.82 Å². The topological polar surface area (TPSA) is 68.2 Å².